The first-order valence-corrected chi connectivity index (χ1v) is 7.47. The molecule has 1 fully saturated rings. The van der Waals surface area contributed by atoms with Crippen LogP contribution < -0.4 is 10.1 Å². The molecule has 0 spiro atoms. The summed E-state index contributed by atoms with van der Waals surface area (Å²) in [6, 6.07) is 3.75. The van der Waals surface area contributed by atoms with Crippen molar-refractivity contribution < 1.29 is 14.2 Å². The molecule has 0 bridgehead atoms. The van der Waals surface area contributed by atoms with Gasteiger partial charge in [0.15, 0.2) is 5.75 Å². The summed E-state index contributed by atoms with van der Waals surface area (Å²) in [5.41, 5.74) is 1.64. The van der Waals surface area contributed by atoms with Crippen molar-refractivity contribution in [1.29, 1.82) is 0 Å². The Bertz CT molecular complexity index is 680. The Morgan fingerprint density at radius 3 is 2.87 bits per heavy atom. The van der Waals surface area contributed by atoms with Crippen LogP contribution in [0.15, 0.2) is 24.7 Å². The van der Waals surface area contributed by atoms with Crippen molar-refractivity contribution in [2.75, 3.05) is 25.6 Å². The van der Waals surface area contributed by atoms with Crippen molar-refractivity contribution in [1.82, 2.24) is 15.0 Å². The van der Waals surface area contributed by atoms with Gasteiger partial charge in [-0.3, -0.25) is 4.98 Å². The van der Waals surface area contributed by atoms with Gasteiger partial charge in [-0.15, -0.1) is 0 Å². The molecule has 1 aliphatic rings. The summed E-state index contributed by atoms with van der Waals surface area (Å²) in [4.78, 5) is 12.7. The van der Waals surface area contributed by atoms with Crippen molar-refractivity contribution in [2.45, 2.75) is 26.0 Å². The number of rotatable bonds is 5. The van der Waals surface area contributed by atoms with E-state index in [2.05, 4.69) is 20.3 Å². The molecular formula is C16H20N4O3. The second kappa shape index (κ2) is 6.89. The van der Waals surface area contributed by atoms with Gasteiger partial charge in [0.2, 0.25) is 5.88 Å². The molecule has 122 valence electrons. The lowest BCUT2D eigenvalue weighted by atomic mass is 10.2. The Morgan fingerprint density at radius 1 is 1.22 bits per heavy atom. The number of methoxy groups -OCH3 is 1. The molecule has 1 aliphatic heterocycles. The molecule has 0 radical (unpaired) electrons. The van der Waals surface area contributed by atoms with Gasteiger partial charge in [-0.2, -0.15) is 0 Å². The van der Waals surface area contributed by atoms with Crippen molar-refractivity contribution in [3.8, 4) is 11.6 Å². The fourth-order valence-corrected chi connectivity index (χ4v) is 2.44. The van der Waals surface area contributed by atoms with E-state index in [4.69, 9.17) is 14.2 Å². The van der Waals surface area contributed by atoms with Gasteiger partial charge in [0, 0.05) is 13.3 Å². The van der Waals surface area contributed by atoms with E-state index in [0.717, 1.165) is 11.3 Å². The maximum absolute atomic E-state index is 5.88. The molecule has 7 heteroatoms. The number of nitrogens with zero attached hydrogens (tertiary/aromatic N) is 3. The highest BCUT2D eigenvalue weighted by Gasteiger charge is 2.29. The van der Waals surface area contributed by atoms with Crippen LogP contribution >= 0.6 is 0 Å². The maximum Gasteiger partial charge on any atom is 0.227 e. The van der Waals surface area contributed by atoms with Crippen LogP contribution in [0.1, 0.15) is 11.3 Å². The quantitative estimate of drug-likeness (QED) is 0.905. The van der Waals surface area contributed by atoms with E-state index in [1.807, 2.05) is 26.0 Å². The fourth-order valence-electron chi connectivity index (χ4n) is 2.44. The Kier molecular flexibility index (Phi) is 4.68. The molecular weight excluding hydrogens is 296 g/mol. The molecule has 0 aliphatic carbocycles. The number of anilines is 1. The number of hydrogen-bond acceptors (Lipinski definition) is 7. The Labute approximate surface area is 135 Å². The highest BCUT2D eigenvalue weighted by molar-refractivity contribution is 5.50. The third-order valence-corrected chi connectivity index (χ3v) is 3.86. The van der Waals surface area contributed by atoms with Gasteiger partial charge in [-0.1, -0.05) is 0 Å². The first-order chi connectivity index (χ1) is 11.2. The van der Waals surface area contributed by atoms with Crippen molar-refractivity contribution >= 4 is 5.82 Å². The molecule has 3 heterocycles. The zero-order chi connectivity index (χ0) is 16.2. The molecule has 2 atom stereocenters. The minimum Gasteiger partial charge on any atom is -0.437 e. The molecule has 0 saturated carbocycles. The fraction of sp³-hybridized carbons (Fsp3) is 0.438. The highest BCUT2D eigenvalue weighted by Crippen LogP contribution is 2.28. The van der Waals surface area contributed by atoms with E-state index in [0.29, 0.717) is 30.7 Å². The molecule has 0 unspecified atom stereocenters. The van der Waals surface area contributed by atoms with Crippen LogP contribution in [0.4, 0.5) is 5.82 Å². The average molecular weight is 316 g/mol. The summed E-state index contributed by atoms with van der Waals surface area (Å²) in [5.74, 6) is 1.90. The number of nitrogens with one attached hydrogen (secondary N) is 1. The van der Waals surface area contributed by atoms with Crippen molar-refractivity contribution in [3.63, 3.8) is 0 Å². The van der Waals surface area contributed by atoms with E-state index in [1.54, 1.807) is 13.3 Å². The number of aromatic nitrogens is 3. The normalized spacial score (nSPS) is 20.5. The van der Waals surface area contributed by atoms with Gasteiger partial charge >= 0.3 is 0 Å². The average Bonchev–Trinajstić information content (AvgIpc) is 3.00. The first-order valence-electron chi connectivity index (χ1n) is 7.47. The van der Waals surface area contributed by atoms with Gasteiger partial charge in [0.25, 0.3) is 0 Å². The summed E-state index contributed by atoms with van der Waals surface area (Å²) >= 11 is 0. The minimum absolute atomic E-state index is 0.00861. The third kappa shape index (κ3) is 3.40. The van der Waals surface area contributed by atoms with Crippen molar-refractivity contribution in [3.05, 3.63) is 35.9 Å². The van der Waals surface area contributed by atoms with E-state index >= 15 is 0 Å². The molecule has 23 heavy (non-hydrogen) atoms. The van der Waals surface area contributed by atoms with Crippen LogP contribution in [-0.2, 0) is 9.47 Å². The zero-order valence-electron chi connectivity index (χ0n) is 13.4. The monoisotopic (exact) mass is 316 g/mol. The van der Waals surface area contributed by atoms with Crippen LogP contribution in [0.2, 0.25) is 0 Å². The van der Waals surface area contributed by atoms with Crippen molar-refractivity contribution in [2.24, 2.45) is 0 Å². The van der Waals surface area contributed by atoms with Crippen LogP contribution in [0.3, 0.4) is 0 Å². The smallest absolute Gasteiger partial charge is 0.227 e. The molecule has 2 aromatic rings. The first kappa shape index (κ1) is 15.6. The SMILES string of the molecule is CO[C@H]1COC[C@@H]1Nc1ncnc(Oc2cccnc2C)c1C. The predicted octanol–water partition coefficient (Wildman–Crippen LogP) is 2.11. The van der Waals surface area contributed by atoms with Gasteiger partial charge in [-0.25, -0.2) is 9.97 Å². The lowest BCUT2D eigenvalue weighted by Crippen LogP contribution is -2.34. The zero-order valence-corrected chi connectivity index (χ0v) is 13.4. The largest absolute Gasteiger partial charge is 0.437 e. The summed E-state index contributed by atoms with van der Waals surface area (Å²) in [7, 11) is 1.68. The number of pyridine rings is 1. The van der Waals surface area contributed by atoms with E-state index < -0.39 is 0 Å². The maximum atomic E-state index is 5.88. The molecule has 3 rings (SSSR count). The molecule has 1 saturated heterocycles. The second-order valence-electron chi connectivity index (χ2n) is 5.40. The highest BCUT2D eigenvalue weighted by atomic mass is 16.5. The lowest BCUT2D eigenvalue weighted by Gasteiger charge is -2.20. The summed E-state index contributed by atoms with van der Waals surface area (Å²) < 4.78 is 16.7. The molecule has 0 aromatic carbocycles. The minimum atomic E-state index is 0.00861. The van der Waals surface area contributed by atoms with Gasteiger partial charge in [0.05, 0.1) is 30.5 Å². The number of ether oxygens (including phenoxy) is 3. The van der Waals surface area contributed by atoms with Crippen LogP contribution in [0, 0.1) is 13.8 Å². The second-order valence-corrected chi connectivity index (χ2v) is 5.40. The van der Waals surface area contributed by atoms with E-state index in [1.165, 1.54) is 6.33 Å². The van der Waals surface area contributed by atoms with Crippen LogP contribution in [0.25, 0.3) is 0 Å². The Balaban J connectivity index is 1.80. The van der Waals surface area contributed by atoms with Crippen LogP contribution in [-0.4, -0.2) is 47.4 Å². The van der Waals surface area contributed by atoms with Gasteiger partial charge < -0.3 is 19.5 Å². The van der Waals surface area contributed by atoms with Gasteiger partial charge in [-0.05, 0) is 26.0 Å². The standard InChI is InChI=1S/C16H20N4O3/c1-10-15(20-12-7-22-8-14(12)21-3)18-9-19-16(10)23-13-5-4-6-17-11(13)2/h4-6,9,12,14H,7-8H2,1-3H3,(H,18,19,20)/t12-,14-/m0/s1. The predicted molar refractivity (Wildman–Crippen MR) is 84.8 cm³/mol. The third-order valence-electron chi connectivity index (χ3n) is 3.86. The molecule has 7 nitrogen and oxygen atoms in total. The summed E-state index contributed by atoms with van der Waals surface area (Å²) in [6.07, 6.45) is 3.22. The summed E-state index contributed by atoms with van der Waals surface area (Å²) in [5, 5.41) is 3.35. The van der Waals surface area contributed by atoms with E-state index in [9.17, 15) is 0 Å². The number of aryl methyl sites for hydroxylation is 1. The van der Waals surface area contributed by atoms with Crippen LogP contribution in [0.5, 0.6) is 11.6 Å². The number of hydrogen-bond donors (Lipinski definition) is 1. The van der Waals surface area contributed by atoms with E-state index in [-0.39, 0.29) is 12.1 Å². The Morgan fingerprint density at radius 2 is 2.09 bits per heavy atom. The Hall–Kier alpha value is -2.25. The lowest BCUT2D eigenvalue weighted by molar-refractivity contribution is 0.0795. The molecule has 1 N–H and O–H groups in total. The molecule has 0 amide bonds. The summed E-state index contributed by atoms with van der Waals surface area (Å²) in [6.45, 7) is 4.97. The topological polar surface area (TPSA) is 78.4 Å². The molecule has 2 aromatic heterocycles. The van der Waals surface area contributed by atoms with Gasteiger partial charge in [0.1, 0.15) is 18.2 Å².